The van der Waals surface area contributed by atoms with E-state index in [0.717, 1.165) is 6.42 Å². The van der Waals surface area contributed by atoms with E-state index in [9.17, 15) is 21.6 Å². The molecule has 1 unspecified atom stereocenters. The molecule has 0 aromatic heterocycles. The van der Waals surface area contributed by atoms with Crippen LogP contribution in [0.25, 0.3) is 0 Å². The molecule has 10 heteroatoms. The van der Waals surface area contributed by atoms with Gasteiger partial charge in [0, 0.05) is 0 Å². The highest BCUT2D eigenvalue weighted by Crippen LogP contribution is 2.18. The Balaban J connectivity index is 1.94. The van der Waals surface area contributed by atoms with E-state index in [1.54, 1.807) is 36.4 Å². The maximum atomic E-state index is 12.5. The Morgan fingerprint density at radius 1 is 0.781 bits per heavy atom. The molecule has 176 valence electrons. The molecule has 0 saturated carbocycles. The predicted molar refractivity (Wildman–Crippen MR) is 118 cm³/mol. The van der Waals surface area contributed by atoms with Crippen LogP contribution in [-0.2, 0) is 38.1 Å². The van der Waals surface area contributed by atoms with Crippen LogP contribution in [0.1, 0.15) is 39.0 Å². The van der Waals surface area contributed by atoms with Crippen LogP contribution in [0.3, 0.4) is 0 Å². The van der Waals surface area contributed by atoms with Crippen LogP contribution in [0.2, 0.25) is 0 Å². The fourth-order valence-corrected chi connectivity index (χ4v) is 4.71. The van der Waals surface area contributed by atoms with Crippen LogP contribution >= 0.6 is 0 Å². The Bertz CT molecular complexity index is 1040. The molecule has 0 saturated heterocycles. The first-order valence-electron chi connectivity index (χ1n) is 10.4. The second-order valence-electron chi connectivity index (χ2n) is 6.96. The third-order valence-electron chi connectivity index (χ3n) is 4.41. The molecule has 0 amide bonds. The van der Waals surface area contributed by atoms with Crippen LogP contribution in [0, 0.1) is 0 Å². The summed E-state index contributed by atoms with van der Waals surface area (Å²) in [6.07, 6.45) is 0.736. The van der Waals surface area contributed by atoms with Crippen molar-refractivity contribution in [1.29, 1.82) is 0 Å². The molecule has 0 N–H and O–H groups in total. The van der Waals surface area contributed by atoms with Crippen LogP contribution in [0.5, 0.6) is 0 Å². The highest BCUT2D eigenvalue weighted by molar-refractivity contribution is 7.87. The average Bonchev–Trinajstić information content (AvgIpc) is 2.79. The fourth-order valence-electron chi connectivity index (χ4n) is 2.67. The van der Waals surface area contributed by atoms with Gasteiger partial charge in [-0.1, -0.05) is 49.7 Å². The van der Waals surface area contributed by atoms with Gasteiger partial charge in [0.25, 0.3) is 20.2 Å². The highest BCUT2D eigenvalue weighted by atomic mass is 32.2. The van der Waals surface area contributed by atoms with Crippen LogP contribution in [-0.4, -0.2) is 42.1 Å². The number of hydrogen-bond acceptors (Lipinski definition) is 8. The van der Waals surface area contributed by atoms with E-state index < -0.39 is 32.3 Å². The van der Waals surface area contributed by atoms with Crippen LogP contribution < -0.4 is 0 Å². The minimum Gasteiger partial charge on any atom is -0.464 e. The monoisotopic (exact) mass is 484 g/mol. The normalized spacial score (nSPS) is 12.9. The van der Waals surface area contributed by atoms with Crippen molar-refractivity contribution in [3.05, 3.63) is 60.7 Å². The number of benzene rings is 2. The summed E-state index contributed by atoms with van der Waals surface area (Å²) in [4.78, 5) is 12.4. The topological polar surface area (TPSA) is 113 Å². The molecule has 2 aromatic carbocycles. The Labute approximate surface area is 189 Å². The lowest BCUT2D eigenvalue weighted by Gasteiger charge is -2.17. The summed E-state index contributed by atoms with van der Waals surface area (Å²) in [7, 11) is -8.04. The van der Waals surface area contributed by atoms with Gasteiger partial charge in [0.1, 0.15) is 0 Å². The molecule has 0 bridgehead atoms. The fraction of sp³-hybridized carbons (Fsp3) is 0.409. The zero-order valence-corrected chi connectivity index (χ0v) is 19.5. The maximum Gasteiger partial charge on any atom is 0.336 e. The van der Waals surface area contributed by atoms with Crippen molar-refractivity contribution in [1.82, 2.24) is 0 Å². The van der Waals surface area contributed by atoms with Gasteiger partial charge < -0.3 is 4.74 Å². The molecule has 2 rings (SSSR count). The van der Waals surface area contributed by atoms with Gasteiger partial charge in [0.15, 0.2) is 6.10 Å². The third-order valence-corrected chi connectivity index (χ3v) is 7.07. The van der Waals surface area contributed by atoms with Crippen LogP contribution in [0.4, 0.5) is 0 Å². The molecule has 1 atom stereocenters. The second kappa shape index (κ2) is 12.7. The molecule has 0 fully saturated rings. The minimum absolute atomic E-state index is 0.0335. The lowest BCUT2D eigenvalue weighted by Crippen LogP contribution is -2.30. The quantitative estimate of drug-likeness (QED) is 0.227. The van der Waals surface area contributed by atoms with E-state index in [2.05, 4.69) is 0 Å². The molecule has 0 aliphatic rings. The van der Waals surface area contributed by atoms with E-state index in [-0.39, 0.29) is 35.8 Å². The summed E-state index contributed by atoms with van der Waals surface area (Å²) in [5.41, 5.74) is 0. The number of carbonyl (C=O) groups excluding carboxylic acids is 1. The van der Waals surface area contributed by atoms with E-state index in [4.69, 9.17) is 13.1 Å². The SMILES string of the molecule is CCCCOC(=O)C(CCCCOS(=O)(=O)c1ccccc1)OS(=O)(=O)c1ccccc1. The Morgan fingerprint density at radius 3 is 1.91 bits per heavy atom. The molecule has 2 aromatic rings. The summed E-state index contributed by atoms with van der Waals surface area (Å²) in [6, 6.07) is 15.3. The van der Waals surface area contributed by atoms with E-state index in [1.165, 1.54) is 24.3 Å². The summed E-state index contributed by atoms with van der Waals surface area (Å²) < 4.78 is 64.6. The number of rotatable bonds is 14. The molecule has 0 aliphatic heterocycles. The van der Waals surface area contributed by atoms with E-state index in [0.29, 0.717) is 12.8 Å². The van der Waals surface area contributed by atoms with E-state index in [1.807, 2.05) is 6.92 Å². The summed E-state index contributed by atoms with van der Waals surface area (Å²) in [6.45, 7) is 1.99. The summed E-state index contributed by atoms with van der Waals surface area (Å²) >= 11 is 0. The molecule has 0 spiro atoms. The average molecular weight is 485 g/mol. The molecular formula is C22H28O8S2. The highest BCUT2D eigenvalue weighted by Gasteiger charge is 2.28. The standard InChI is InChI=1S/C22H28O8S2/c1-2-3-17-28-22(23)21(30-32(26,27)20-14-8-5-9-15-20)16-10-11-18-29-31(24,25)19-12-6-4-7-13-19/h4-9,12-15,21H,2-3,10-11,16-18H2,1H3. The van der Waals surface area contributed by atoms with Gasteiger partial charge >= 0.3 is 5.97 Å². The van der Waals surface area contributed by atoms with Crippen LogP contribution in [0.15, 0.2) is 70.5 Å². The zero-order valence-electron chi connectivity index (χ0n) is 17.9. The Kier molecular flexibility index (Phi) is 10.3. The van der Waals surface area contributed by atoms with Crippen molar-refractivity contribution in [2.24, 2.45) is 0 Å². The molecule has 8 nitrogen and oxygen atoms in total. The molecule has 0 radical (unpaired) electrons. The predicted octanol–water partition coefficient (Wildman–Crippen LogP) is 3.68. The van der Waals surface area contributed by atoms with Gasteiger partial charge in [-0.05, 0) is 49.9 Å². The van der Waals surface area contributed by atoms with Gasteiger partial charge in [0.05, 0.1) is 23.0 Å². The molecular weight excluding hydrogens is 456 g/mol. The number of ether oxygens (including phenoxy) is 1. The number of hydrogen-bond donors (Lipinski definition) is 0. The number of esters is 1. The van der Waals surface area contributed by atoms with Crippen molar-refractivity contribution in [2.75, 3.05) is 13.2 Å². The summed E-state index contributed by atoms with van der Waals surface area (Å²) in [5, 5.41) is 0. The van der Waals surface area contributed by atoms with Crippen molar-refractivity contribution in [3.63, 3.8) is 0 Å². The maximum absolute atomic E-state index is 12.5. The number of unbranched alkanes of at least 4 members (excludes halogenated alkanes) is 2. The van der Waals surface area contributed by atoms with Gasteiger partial charge in [-0.2, -0.15) is 16.8 Å². The van der Waals surface area contributed by atoms with E-state index >= 15 is 0 Å². The minimum atomic E-state index is -4.17. The third kappa shape index (κ3) is 8.34. The van der Waals surface area contributed by atoms with Crippen molar-refractivity contribution >= 4 is 26.2 Å². The van der Waals surface area contributed by atoms with Gasteiger partial charge in [-0.15, -0.1) is 0 Å². The second-order valence-corrected chi connectivity index (χ2v) is 10.1. The Hall–Kier alpha value is -2.27. The first-order valence-corrected chi connectivity index (χ1v) is 13.2. The van der Waals surface area contributed by atoms with Gasteiger partial charge in [-0.3, -0.25) is 8.37 Å². The first kappa shape index (κ1) is 26.0. The van der Waals surface area contributed by atoms with Gasteiger partial charge in [-0.25, -0.2) is 4.79 Å². The lowest BCUT2D eigenvalue weighted by atomic mass is 10.1. The Morgan fingerprint density at radius 2 is 1.34 bits per heavy atom. The zero-order chi connectivity index (χ0) is 23.5. The first-order chi connectivity index (χ1) is 15.3. The smallest absolute Gasteiger partial charge is 0.336 e. The molecule has 0 heterocycles. The molecule has 32 heavy (non-hydrogen) atoms. The number of carbonyl (C=O) groups is 1. The lowest BCUT2D eigenvalue weighted by molar-refractivity contribution is -0.152. The largest absolute Gasteiger partial charge is 0.464 e. The van der Waals surface area contributed by atoms with Crippen molar-refractivity contribution in [3.8, 4) is 0 Å². The summed E-state index contributed by atoms with van der Waals surface area (Å²) in [5.74, 6) is -0.768. The molecule has 0 aliphatic carbocycles. The van der Waals surface area contributed by atoms with Crippen molar-refractivity contribution in [2.45, 2.75) is 54.9 Å². The van der Waals surface area contributed by atoms with Crippen molar-refractivity contribution < 1.29 is 34.7 Å². The van der Waals surface area contributed by atoms with Gasteiger partial charge in [0.2, 0.25) is 0 Å².